The molecule has 6 heteroatoms. The van der Waals surface area contributed by atoms with E-state index in [2.05, 4.69) is 10.2 Å². The zero-order valence-electron chi connectivity index (χ0n) is 15.2. The highest BCUT2D eigenvalue weighted by molar-refractivity contribution is 5.80. The van der Waals surface area contributed by atoms with Crippen molar-refractivity contribution >= 4 is 17.3 Å². The van der Waals surface area contributed by atoms with Crippen LogP contribution in [-0.4, -0.2) is 42.9 Å². The number of piperidine rings is 1. The van der Waals surface area contributed by atoms with Crippen molar-refractivity contribution in [2.75, 3.05) is 36.5 Å². The van der Waals surface area contributed by atoms with Crippen molar-refractivity contribution in [3.63, 3.8) is 0 Å². The number of carbonyl (C=O) groups excluding carboxylic acids is 1. The van der Waals surface area contributed by atoms with Crippen LogP contribution in [0, 0.1) is 0 Å². The number of fused-ring (bicyclic) bond motifs is 1. The summed E-state index contributed by atoms with van der Waals surface area (Å²) in [5.74, 6) is 0.305. The second-order valence-electron chi connectivity index (χ2n) is 7.01. The molecule has 2 aliphatic heterocycles. The van der Waals surface area contributed by atoms with Gasteiger partial charge in [0.15, 0.2) is 11.4 Å². The molecule has 27 heavy (non-hydrogen) atoms. The lowest BCUT2D eigenvalue weighted by Gasteiger charge is -2.38. The van der Waals surface area contributed by atoms with Gasteiger partial charge < -0.3 is 24.8 Å². The Morgan fingerprint density at radius 3 is 2.70 bits per heavy atom. The van der Waals surface area contributed by atoms with Crippen LogP contribution in [0.4, 0.5) is 11.4 Å². The molecule has 2 aliphatic rings. The average Bonchev–Trinajstić information content (AvgIpc) is 2.73. The molecule has 0 saturated carbocycles. The Labute approximate surface area is 158 Å². The van der Waals surface area contributed by atoms with Crippen molar-refractivity contribution in [3.8, 4) is 5.75 Å². The molecular weight excluding hydrogens is 344 g/mol. The molecule has 0 radical (unpaired) electrons. The minimum Gasteiger partial charge on any atom is -0.487 e. The van der Waals surface area contributed by atoms with Crippen molar-refractivity contribution in [2.24, 2.45) is 0 Å². The molecule has 0 unspecified atom stereocenters. The third-order valence-electron chi connectivity index (χ3n) is 5.18. The van der Waals surface area contributed by atoms with E-state index < -0.39 is 11.6 Å². The largest absolute Gasteiger partial charge is 0.487 e. The number of hydrogen-bond acceptors (Lipinski definition) is 6. The summed E-state index contributed by atoms with van der Waals surface area (Å²) in [6.07, 6.45) is 0.662. The molecule has 1 saturated heterocycles. The van der Waals surface area contributed by atoms with Gasteiger partial charge >= 0.3 is 5.97 Å². The third kappa shape index (κ3) is 3.71. The Balaban J connectivity index is 1.39. The van der Waals surface area contributed by atoms with Crippen LogP contribution in [0.3, 0.4) is 0 Å². The number of carbonyl (C=O) groups is 1. The molecule has 0 amide bonds. The quantitative estimate of drug-likeness (QED) is 0.809. The predicted octanol–water partition coefficient (Wildman–Crippen LogP) is 2.57. The number of anilines is 2. The zero-order chi connectivity index (χ0) is 18.7. The van der Waals surface area contributed by atoms with E-state index in [-0.39, 0.29) is 6.61 Å². The Kier molecular flexibility index (Phi) is 4.90. The van der Waals surface area contributed by atoms with Crippen molar-refractivity contribution < 1.29 is 19.4 Å². The van der Waals surface area contributed by atoms with Gasteiger partial charge in [-0.2, -0.15) is 0 Å². The van der Waals surface area contributed by atoms with E-state index in [1.165, 1.54) is 0 Å². The first kappa shape index (κ1) is 17.7. The standard InChI is InChI=1S/C21H24N2O4/c24-20(27-15-16-5-2-1-3-6-16)21(25)9-12-23(13-10-21)18-8-4-7-17-19(18)26-14-11-22-17/h1-8,22,25H,9-15H2. The summed E-state index contributed by atoms with van der Waals surface area (Å²) in [5.41, 5.74) is 1.47. The minimum absolute atomic E-state index is 0.178. The van der Waals surface area contributed by atoms with E-state index in [0.29, 0.717) is 32.5 Å². The Hall–Kier alpha value is -2.73. The van der Waals surface area contributed by atoms with Crippen molar-refractivity contribution in [1.29, 1.82) is 0 Å². The van der Waals surface area contributed by atoms with Gasteiger partial charge in [0.2, 0.25) is 0 Å². The van der Waals surface area contributed by atoms with Crippen LogP contribution in [0.5, 0.6) is 5.75 Å². The predicted molar refractivity (Wildman–Crippen MR) is 103 cm³/mol. The number of nitrogens with one attached hydrogen (secondary N) is 1. The lowest BCUT2D eigenvalue weighted by atomic mass is 9.91. The molecule has 2 N–H and O–H groups in total. The summed E-state index contributed by atoms with van der Waals surface area (Å²) in [6, 6.07) is 15.5. The van der Waals surface area contributed by atoms with Gasteiger partial charge in [-0.25, -0.2) is 4.79 Å². The molecule has 2 aromatic carbocycles. The van der Waals surface area contributed by atoms with Crippen molar-refractivity contribution in [1.82, 2.24) is 0 Å². The highest BCUT2D eigenvalue weighted by Gasteiger charge is 2.41. The SMILES string of the molecule is O=C(OCc1ccccc1)C1(O)CCN(c2cccc3c2OCCN3)CC1. The number of esters is 1. The lowest BCUT2D eigenvalue weighted by molar-refractivity contribution is -0.169. The average molecular weight is 368 g/mol. The molecule has 6 nitrogen and oxygen atoms in total. The molecule has 0 atom stereocenters. The van der Waals surface area contributed by atoms with Gasteiger partial charge in [0.05, 0.1) is 11.4 Å². The van der Waals surface area contributed by atoms with Crippen LogP contribution in [0.25, 0.3) is 0 Å². The number of para-hydroxylation sites is 1. The zero-order valence-corrected chi connectivity index (χ0v) is 15.2. The van der Waals surface area contributed by atoms with Gasteiger partial charge in [0.1, 0.15) is 13.2 Å². The molecular formula is C21H24N2O4. The number of hydrogen-bond donors (Lipinski definition) is 2. The molecule has 1 fully saturated rings. The maximum Gasteiger partial charge on any atom is 0.338 e. The van der Waals surface area contributed by atoms with E-state index in [9.17, 15) is 9.90 Å². The first-order valence-corrected chi connectivity index (χ1v) is 9.34. The van der Waals surface area contributed by atoms with E-state index in [1.807, 2.05) is 48.5 Å². The molecule has 0 spiro atoms. The van der Waals surface area contributed by atoms with E-state index >= 15 is 0 Å². The van der Waals surface area contributed by atoms with Crippen molar-refractivity contribution in [2.45, 2.75) is 25.0 Å². The second-order valence-corrected chi connectivity index (χ2v) is 7.01. The van der Waals surface area contributed by atoms with Crippen LogP contribution in [0.2, 0.25) is 0 Å². The highest BCUT2D eigenvalue weighted by Crippen LogP contribution is 2.39. The molecule has 2 aromatic rings. The summed E-state index contributed by atoms with van der Waals surface area (Å²) in [7, 11) is 0. The number of aliphatic hydroxyl groups is 1. The van der Waals surface area contributed by atoms with Crippen LogP contribution in [0.15, 0.2) is 48.5 Å². The van der Waals surface area contributed by atoms with Gasteiger partial charge in [-0.1, -0.05) is 36.4 Å². The Morgan fingerprint density at radius 1 is 1.15 bits per heavy atom. The van der Waals surface area contributed by atoms with Gasteiger partial charge in [-0.3, -0.25) is 0 Å². The fourth-order valence-electron chi connectivity index (χ4n) is 3.58. The summed E-state index contributed by atoms with van der Waals surface area (Å²) in [4.78, 5) is 14.6. The normalized spacial score (nSPS) is 18.0. The van der Waals surface area contributed by atoms with Crippen LogP contribution in [0.1, 0.15) is 18.4 Å². The lowest BCUT2D eigenvalue weighted by Crippen LogP contribution is -2.50. The Morgan fingerprint density at radius 2 is 1.93 bits per heavy atom. The fourth-order valence-corrected chi connectivity index (χ4v) is 3.58. The smallest absolute Gasteiger partial charge is 0.338 e. The maximum atomic E-state index is 12.4. The first-order chi connectivity index (χ1) is 13.2. The van der Waals surface area contributed by atoms with Gasteiger partial charge in [0, 0.05) is 32.5 Å². The molecule has 142 valence electrons. The monoisotopic (exact) mass is 368 g/mol. The summed E-state index contributed by atoms with van der Waals surface area (Å²) < 4.78 is 11.2. The van der Waals surface area contributed by atoms with Crippen LogP contribution < -0.4 is 15.0 Å². The number of rotatable bonds is 4. The second kappa shape index (κ2) is 7.48. The highest BCUT2D eigenvalue weighted by atomic mass is 16.5. The van der Waals surface area contributed by atoms with Gasteiger partial charge in [0.25, 0.3) is 0 Å². The van der Waals surface area contributed by atoms with Gasteiger partial charge in [-0.05, 0) is 17.7 Å². The van der Waals surface area contributed by atoms with E-state index in [0.717, 1.165) is 29.2 Å². The molecule has 0 aromatic heterocycles. The fraction of sp³-hybridized carbons (Fsp3) is 0.381. The first-order valence-electron chi connectivity index (χ1n) is 9.34. The summed E-state index contributed by atoms with van der Waals surface area (Å²) in [5, 5.41) is 14.1. The molecule has 0 aliphatic carbocycles. The van der Waals surface area contributed by atoms with Crippen LogP contribution in [-0.2, 0) is 16.1 Å². The van der Waals surface area contributed by atoms with Crippen molar-refractivity contribution in [3.05, 3.63) is 54.1 Å². The minimum atomic E-state index is -1.43. The third-order valence-corrected chi connectivity index (χ3v) is 5.18. The molecule has 0 bridgehead atoms. The summed E-state index contributed by atoms with van der Waals surface area (Å²) in [6.45, 7) is 2.74. The van der Waals surface area contributed by atoms with E-state index in [1.54, 1.807) is 0 Å². The van der Waals surface area contributed by atoms with Crippen LogP contribution >= 0.6 is 0 Å². The molecule has 2 heterocycles. The number of benzene rings is 2. The van der Waals surface area contributed by atoms with Gasteiger partial charge in [-0.15, -0.1) is 0 Å². The van der Waals surface area contributed by atoms with E-state index in [4.69, 9.17) is 9.47 Å². The number of ether oxygens (including phenoxy) is 2. The summed E-state index contributed by atoms with van der Waals surface area (Å²) >= 11 is 0. The number of nitrogens with zero attached hydrogens (tertiary/aromatic N) is 1. The Bertz CT molecular complexity index is 801. The maximum absolute atomic E-state index is 12.4. The topological polar surface area (TPSA) is 71.0 Å². The molecule has 4 rings (SSSR count).